The Kier molecular flexibility index (Phi) is 6.30. The molecule has 0 saturated carbocycles. The van der Waals surface area contributed by atoms with Crippen molar-refractivity contribution in [3.63, 3.8) is 0 Å². The molecule has 0 bridgehead atoms. The summed E-state index contributed by atoms with van der Waals surface area (Å²) in [6, 6.07) is 0.132. The molecule has 3 rings (SSSR count). The summed E-state index contributed by atoms with van der Waals surface area (Å²) in [5.41, 5.74) is 7.14. The molecule has 0 aromatic carbocycles. The van der Waals surface area contributed by atoms with Gasteiger partial charge in [0.2, 0.25) is 5.91 Å². The van der Waals surface area contributed by atoms with Gasteiger partial charge in [-0.05, 0) is 32.4 Å². The van der Waals surface area contributed by atoms with E-state index in [-0.39, 0.29) is 12.4 Å². The lowest BCUT2D eigenvalue weighted by molar-refractivity contribution is -0.171. The summed E-state index contributed by atoms with van der Waals surface area (Å²) in [7, 11) is 0. The Morgan fingerprint density at radius 3 is 2.71 bits per heavy atom. The zero-order valence-corrected chi connectivity index (χ0v) is 17.4. The maximum atomic E-state index is 14.3. The smallest absolute Gasteiger partial charge is 0.351 e. The second kappa shape index (κ2) is 8.61. The minimum Gasteiger partial charge on any atom is -0.454 e. The van der Waals surface area contributed by atoms with E-state index in [0.717, 1.165) is 4.57 Å². The first kappa shape index (κ1) is 22.7. The number of anilines is 1. The third kappa shape index (κ3) is 4.68. The lowest BCUT2D eigenvalue weighted by Gasteiger charge is -2.34. The fourth-order valence-electron chi connectivity index (χ4n) is 3.34. The number of fused-ring (bicyclic) bond motifs is 1. The second-order valence-corrected chi connectivity index (χ2v) is 8.30. The third-order valence-electron chi connectivity index (χ3n) is 4.83. The monoisotopic (exact) mass is 438 g/mol. The third-order valence-corrected chi connectivity index (χ3v) is 4.83. The number of hydrogen-bond acceptors (Lipinski definition) is 8. The largest absolute Gasteiger partial charge is 0.454 e. The zero-order chi connectivity index (χ0) is 22.9. The molecule has 1 N–H and O–H groups in total. The summed E-state index contributed by atoms with van der Waals surface area (Å²) in [6.07, 6.45) is -4.74. The molecule has 0 radical (unpaired) electrons. The molecule has 12 nitrogen and oxygen atoms in total. The summed E-state index contributed by atoms with van der Waals surface area (Å²) in [6.45, 7) is 5.82. The second-order valence-electron chi connectivity index (χ2n) is 8.30. The van der Waals surface area contributed by atoms with Gasteiger partial charge in [0.05, 0.1) is 18.1 Å². The van der Waals surface area contributed by atoms with Crippen molar-refractivity contribution in [2.24, 2.45) is 10.5 Å². The fraction of sp³-hybridized carbons (Fsp3) is 0.667. The quantitative estimate of drug-likeness (QED) is 0.323. The number of carbonyl (C=O) groups excluding carboxylic acids is 2. The molecule has 1 aromatic rings. The minimum atomic E-state index is -1.63. The topological polar surface area (TPSA) is 158 Å². The van der Waals surface area contributed by atoms with Gasteiger partial charge in [0, 0.05) is 18.0 Å². The number of halogens is 1. The van der Waals surface area contributed by atoms with E-state index in [2.05, 4.69) is 20.3 Å². The van der Waals surface area contributed by atoms with Crippen LogP contribution in [0.25, 0.3) is 10.4 Å². The summed E-state index contributed by atoms with van der Waals surface area (Å²) >= 11 is 0. The molecule has 31 heavy (non-hydrogen) atoms. The maximum absolute atomic E-state index is 14.3. The molecule has 13 heteroatoms. The number of aromatic nitrogens is 2. The molecule has 2 aliphatic rings. The van der Waals surface area contributed by atoms with Gasteiger partial charge in [0.1, 0.15) is 24.2 Å². The van der Waals surface area contributed by atoms with Gasteiger partial charge in [-0.2, -0.15) is 4.98 Å². The minimum absolute atomic E-state index is 0.0272. The van der Waals surface area contributed by atoms with Crippen molar-refractivity contribution in [2.75, 3.05) is 11.9 Å². The predicted molar refractivity (Wildman–Crippen MR) is 104 cm³/mol. The van der Waals surface area contributed by atoms with Crippen LogP contribution in [0.5, 0.6) is 0 Å². The number of carbonyl (C=O) groups is 2. The first-order valence-corrected chi connectivity index (χ1v) is 9.56. The van der Waals surface area contributed by atoms with E-state index in [4.69, 9.17) is 19.7 Å². The van der Waals surface area contributed by atoms with E-state index >= 15 is 0 Å². The number of rotatable bonds is 4. The highest BCUT2D eigenvalue weighted by atomic mass is 19.1. The first-order chi connectivity index (χ1) is 14.5. The van der Waals surface area contributed by atoms with Gasteiger partial charge in [0.15, 0.2) is 12.3 Å². The number of azide groups is 1. The maximum Gasteiger partial charge on any atom is 0.351 e. The lowest BCUT2D eigenvalue weighted by atomic mass is 9.95. The normalized spacial score (nSPS) is 30.1. The van der Waals surface area contributed by atoms with E-state index in [1.807, 2.05) is 0 Å². The van der Waals surface area contributed by atoms with Gasteiger partial charge in [0.25, 0.3) is 0 Å². The average Bonchev–Trinajstić information content (AvgIpc) is 3.01. The number of nitrogens with zero attached hydrogens (tertiary/aromatic N) is 5. The molecular formula is C18H23FN6O6. The Hall–Kier alpha value is -3.02. The van der Waals surface area contributed by atoms with Gasteiger partial charge < -0.3 is 19.5 Å². The Balaban J connectivity index is 2.00. The van der Waals surface area contributed by atoms with E-state index < -0.39 is 59.7 Å². The number of hydrogen-bond donors (Lipinski definition) is 1. The van der Waals surface area contributed by atoms with Crippen LogP contribution in [-0.2, 0) is 23.8 Å². The van der Waals surface area contributed by atoms with E-state index in [9.17, 15) is 18.8 Å². The number of ether oxygens (including phenoxy) is 3. The van der Waals surface area contributed by atoms with E-state index in [1.54, 1.807) is 20.8 Å². The molecule has 0 aliphatic carbocycles. The number of esters is 1. The van der Waals surface area contributed by atoms with E-state index in [1.165, 1.54) is 19.2 Å². The molecule has 2 aliphatic heterocycles. The molecule has 1 amide bonds. The van der Waals surface area contributed by atoms with Crippen LogP contribution in [0, 0.1) is 5.41 Å². The summed E-state index contributed by atoms with van der Waals surface area (Å²) in [5, 5.41) is 5.86. The highest BCUT2D eigenvalue weighted by Crippen LogP contribution is 2.40. The van der Waals surface area contributed by atoms with Crippen LogP contribution in [-0.4, -0.2) is 58.6 Å². The van der Waals surface area contributed by atoms with Crippen molar-refractivity contribution in [2.45, 2.75) is 64.4 Å². The fourth-order valence-corrected chi connectivity index (χ4v) is 3.34. The average molecular weight is 438 g/mol. The summed E-state index contributed by atoms with van der Waals surface area (Å²) in [5.74, 6) is -0.974. The van der Waals surface area contributed by atoms with Crippen LogP contribution in [0.3, 0.4) is 0 Å². The van der Waals surface area contributed by atoms with E-state index in [0.29, 0.717) is 0 Å². The van der Waals surface area contributed by atoms with Crippen LogP contribution >= 0.6 is 0 Å². The van der Waals surface area contributed by atoms with Crippen molar-refractivity contribution in [3.05, 3.63) is 33.2 Å². The van der Waals surface area contributed by atoms with Crippen LogP contribution in [0.4, 0.5) is 10.2 Å². The summed E-state index contributed by atoms with van der Waals surface area (Å²) < 4.78 is 32.4. The van der Waals surface area contributed by atoms with Crippen LogP contribution in [0.2, 0.25) is 0 Å². The molecule has 2 saturated heterocycles. The van der Waals surface area contributed by atoms with Gasteiger partial charge in [-0.3, -0.25) is 14.2 Å². The molecular weight excluding hydrogens is 415 g/mol. The molecule has 3 heterocycles. The highest BCUT2D eigenvalue weighted by molar-refractivity contribution is 5.87. The van der Waals surface area contributed by atoms with Crippen molar-refractivity contribution in [1.82, 2.24) is 9.55 Å². The first-order valence-electron chi connectivity index (χ1n) is 9.56. The van der Waals surface area contributed by atoms with Gasteiger partial charge in [-0.25, -0.2) is 9.18 Å². The molecule has 1 aromatic heterocycles. The lowest BCUT2D eigenvalue weighted by Crippen LogP contribution is -2.52. The highest BCUT2D eigenvalue weighted by Gasteiger charge is 2.56. The van der Waals surface area contributed by atoms with Crippen molar-refractivity contribution >= 4 is 17.7 Å². The molecule has 0 spiro atoms. The Morgan fingerprint density at radius 1 is 1.42 bits per heavy atom. The molecule has 0 unspecified atom stereocenters. The standard InChI is InChI=1S/C18H23FN6O6/c1-8(26)21-10-5-6-25(17(28)22-10)15-14(31-16(27)18(2,3)4)13-12(30-15)11(23-24-20)9(19)7-29-13/h5-6,9,11-15H,7H2,1-4H3,(H,21,22,26,28)/t9-,11-,12-,13-,14-,15-/m1/s1. The van der Waals surface area contributed by atoms with Crippen LogP contribution < -0.4 is 11.0 Å². The molecule has 2 fully saturated rings. The Morgan fingerprint density at radius 2 is 2.13 bits per heavy atom. The summed E-state index contributed by atoms with van der Waals surface area (Å²) in [4.78, 5) is 42.8. The van der Waals surface area contributed by atoms with Gasteiger partial charge in [-0.15, -0.1) is 0 Å². The predicted octanol–water partition coefficient (Wildman–Crippen LogP) is 1.47. The molecule has 6 atom stereocenters. The molecule has 168 valence electrons. The van der Waals surface area contributed by atoms with Crippen LogP contribution in [0.15, 0.2) is 22.2 Å². The Labute approximate surface area is 176 Å². The van der Waals surface area contributed by atoms with Gasteiger partial charge in [-0.1, -0.05) is 5.11 Å². The SMILES string of the molecule is CC(=O)Nc1ccn([C@@H]2O[C@@H]3[C@H](N=[N+]=[N-])[C@H](F)CO[C@H]3[C@H]2OC(=O)C(C)(C)C)c(=O)n1. The van der Waals surface area contributed by atoms with Crippen molar-refractivity contribution < 1.29 is 28.2 Å². The van der Waals surface area contributed by atoms with Crippen LogP contribution in [0.1, 0.15) is 33.9 Å². The van der Waals surface area contributed by atoms with Crippen molar-refractivity contribution in [3.8, 4) is 0 Å². The van der Waals surface area contributed by atoms with Gasteiger partial charge >= 0.3 is 11.7 Å². The number of alkyl halides is 1. The zero-order valence-electron chi connectivity index (χ0n) is 17.4. The Bertz CT molecular complexity index is 971. The number of amides is 1. The number of nitrogens with one attached hydrogen (secondary N) is 1. The van der Waals surface area contributed by atoms with Crippen molar-refractivity contribution in [1.29, 1.82) is 0 Å².